The Labute approximate surface area is 75.8 Å². The topological polar surface area (TPSA) is 24.4 Å². The Balaban J connectivity index is 2.21. The van der Waals surface area contributed by atoms with Crippen molar-refractivity contribution in [2.24, 2.45) is 4.99 Å². The average molecular weight is 176 g/mol. The van der Waals surface area contributed by atoms with Gasteiger partial charge in [-0.3, -0.25) is 4.99 Å². The third-order valence-electron chi connectivity index (χ3n) is 1.86. The van der Waals surface area contributed by atoms with Gasteiger partial charge in [0.25, 0.3) is 0 Å². The van der Waals surface area contributed by atoms with E-state index in [0.29, 0.717) is 0 Å². The normalized spacial score (nSPS) is 19.9. The molecule has 0 aromatic heterocycles. The fraction of sp³-hybridized carbons (Fsp3) is 0.100. The summed E-state index contributed by atoms with van der Waals surface area (Å²) in [5, 5.41) is 3.05. The Kier molecular flexibility index (Phi) is 2.08. The van der Waals surface area contributed by atoms with Gasteiger partial charge in [0, 0.05) is 6.21 Å². The van der Waals surface area contributed by atoms with Crippen molar-refractivity contribution >= 4 is 6.21 Å². The average Bonchev–Trinajstić information content (AvgIpc) is 2.20. The molecule has 0 amide bonds. The van der Waals surface area contributed by atoms with Crippen LogP contribution in [0.1, 0.15) is 11.7 Å². The van der Waals surface area contributed by atoms with Crippen LogP contribution in [0.4, 0.5) is 4.39 Å². The first-order chi connectivity index (χ1) is 6.36. The van der Waals surface area contributed by atoms with Crippen molar-refractivity contribution in [3.63, 3.8) is 0 Å². The number of nitrogens with one attached hydrogen (secondary N) is 1. The Morgan fingerprint density at radius 3 is 2.62 bits per heavy atom. The number of aliphatic imine (C=N–C) groups is 1. The molecule has 1 heterocycles. The molecule has 2 nitrogen and oxygen atoms in total. The molecule has 3 heteroatoms. The lowest BCUT2D eigenvalue weighted by atomic mass is 10.1. The number of benzene rings is 1. The predicted molar refractivity (Wildman–Crippen MR) is 49.9 cm³/mol. The maximum Gasteiger partial charge on any atom is 0.144 e. The number of hydrogen-bond donors (Lipinski definition) is 1. The van der Waals surface area contributed by atoms with E-state index in [4.69, 9.17) is 0 Å². The van der Waals surface area contributed by atoms with E-state index in [1.807, 2.05) is 12.3 Å². The number of allylic oxidation sites excluding steroid dienone is 1. The second kappa shape index (κ2) is 3.39. The van der Waals surface area contributed by atoms with E-state index in [2.05, 4.69) is 10.3 Å². The van der Waals surface area contributed by atoms with E-state index < -0.39 is 0 Å². The van der Waals surface area contributed by atoms with E-state index in [9.17, 15) is 4.39 Å². The molecule has 1 aliphatic heterocycles. The highest BCUT2D eigenvalue weighted by Crippen LogP contribution is 2.15. The zero-order valence-electron chi connectivity index (χ0n) is 6.94. The van der Waals surface area contributed by atoms with E-state index in [1.165, 1.54) is 12.1 Å². The largest absolute Gasteiger partial charge is 0.366 e. The molecular formula is C10H9FN2. The quantitative estimate of drug-likeness (QED) is 0.695. The fourth-order valence-electron chi connectivity index (χ4n) is 1.20. The summed E-state index contributed by atoms with van der Waals surface area (Å²) in [4.78, 5) is 4.18. The molecule has 0 saturated carbocycles. The highest BCUT2D eigenvalue weighted by molar-refractivity contribution is 5.72. The molecule has 1 aromatic carbocycles. The van der Waals surface area contributed by atoms with Gasteiger partial charge in [0.1, 0.15) is 12.0 Å². The van der Waals surface area contributed by atoms with Gasteiger partial charge in [-0.2, -0.15) is 0 Å². The minimum Gasteiger partial charge on any atom is -0.366 e. The summed E-state index contributed by atoms with van der Waals surface area (Å²) >= 11 is 0. The number of rotatable bonds is 1. The van der Waals surface area contributed by atoms with Crippen molar-refractivity contribution in [3.05, 3.63) is 47.9 Å². The van der Waals surface area contributed by atoms with E-state index in [1.54, 1.807) is 18.3 Å². The summed E-state index contributed by atoms with van der Waals surface area (Å²) in [6, 6.07) is 6.32. The minimum absolute atomic E-state index is 0.0781. The molecule has 13 heavy (non-hydrogen) atoms. The van der Waals surface area contributed by atoms with Gasteiger partial charge in [-0.15, -0.1) is 0 Å². The van der Waals surface area contributed by atoms with Crippen LogP contribution < -0.4 is 5.32 Å². The number of nitrogens with zero attached hydrogens (tertiary/aromatic N) is 1. The first kappa shape index (κ1) is 7.98. The molecule has 0 bridgehead atoms. The van der Waals surface area contributed by atoms with E-state index in [-0.39, 0.29) is 12.0 Å². The standard InChI is InChI=1S/C10H9FN2/c11-9-4-2-8(3-5-9)10-12-6-1-7-13-10/h1-7,10,12H. The van der Waals surface area contributed by atoms with Crippen LogP contribution in [0.5, 0.6) is 0 Å². The molecule has 1 unspecified atom stereocenters. The summed E-state index contributed by atoms with van der Waals surface area (Å²) in [6.07, 6.45) is 5.29. The molecule has 0 spiro atoms. The van der Waals surface area contributed by atoms with Crippen molar-refractivity contribution in [1.82, 2.24) is 5.32 Å². The minimum atomic E-state index is -0.223. The SMILES string of the molecule is Fc1ccc(C2N=CC=CN2)cc1. The third-order valence-corrected chi connectivity index (χ3v) is 1.86. The van der Waals surface area contributed by atoms with Gasteiger partial charge >= 0.3 is 0 Å². The number of hydrogen-bond acceptors (Lipinski definition) is 2. The van der Waals surface area contributed by atoms with Crippen LogP contribution >= 0.6 is 0 Å². The third kappa shape index (κ3) is 1.75. The lowest BCUT2D eigenvalue weighted by molar-refractivity contribution is 0.618. The number of halogens is 1. The zero-order chi connectivity index (χ0) is 9.10. The maximum absolute atomic E-state index is 12.6. The molecule has 0 aliphatic carbocycles. The highest BCUT2D eigenvalue weighted by Gasteiger charge is 2.07. The highest BCUT2D eigenvalue weighted by atomic mass is 19.1. The van der Waals surface area contributed by atoms with Crippen LogP contribution in [0, 0.1) is 5.82 Å². The smallest absolute Gasteiger partial charge is 0.144 e. The van der Waals surface area contributed by atoms with Gasteiger partial charge in [0.05, 0.1) is 0 Å². The van der Waals surface area contributed by atoms with E-state index >= 15 is 0 Å². The summed E-state index contributed by atoms with van der Waals surface area (Å²) in [5.41, 5.74) is 0.960. The second-order valence-electron chi connectivity index (χ2n) is 2.78. The Hall–Kier alpha value is -1.64. The van der Waals surface area contributed by atoms with Crippen LogP contribution in [-0.2, 0) is 0 Å². The van der Waals surface area contributed by atoms with Crippen molar-refractivity contribution < 1.29 is 4.39 Å². The van der Waals surface area contributed by atoms with Crippen LogP contribution in [0.2, 0.25) is 0 Å². The Morgan fingerprint density at radius 2 is 2.00 bits per heavy atom. The Morgan fingerprint density at radius 1 is 1.23 bits per heavy atom. The van der Waals surface area contributed by atoms with Crippen LogP contribution in [0.15, 0.2) is 41.5 Å². The second-order valence-corrected chi connectivity index (χ2v) is 2.78. The first-order valence-electron chi connectivity index (χ1n) is 4.06. The van der Waals surface area contributed by atoms with Gasteiger partial charge in [-0.05, 0) is 30.0 Å². The molecule has 0 saturated heterocycles. The summed E-state index contributed by atoms with van der Waals surface area (Å²) in [7, 11) is 0. The molecule has 1 atom stereocenters. The molecule has 1 aliphatic rings. The van der Waals surface area contributed by atoms with Crippen molar-refractivity contribution in [3.8, 4) is 0 Å². The van der Waals surface area contributed by atoms with Gasteiger partial charge in [0.2, 0.25) is 0 Å². The van der Waals surface area contributed by atoms with E-state index in [0.717, 1.165) is 5.56 Å². The van der Waals surface area contributed by atoms with Gasteiger partial charge in [0.15, 0.2) is 0 Å². The van der Waals surface area contributed by atoms with Crippen molar-refractivity contribution in [2.75, 3.05) is 0 Å². The molecule has 0 radical (unpaired) electrons. The van der Waals surface area contributed by atoms with Crippen molar-refractivity contribution in [1.29, 1.82) is 0 Å². The van der Waals surface area contributed by atoms with Crippen LogP contribution in [0.25, 0.3) is 0 Å². The maximum atomic E-state index is 12.6. The van der Waals surface area contributed by atoms with Gasteiger partial charge in [-0.1, -0.05) is 12.1 Å². The molecule has 66 valence electrons. The summed E-state index contributed by atoms with van der Waals surface area (Å²) in [5.74, 6) is -0.223. The molecule has 1 N–H and O–H groups in total. The fourth-order valence-corrected chi connectivity index (χ4v) is 1.20. The van der Waals surface area contributed by atoms with Crippen molar-refractivity contribution in [2.45, 2.75) is 6.17 Å². The van der Waals surface area contributed by atoms with Crippen LogP contribution in [-0.4, -0.2) is 6.21 Å². The molecule has 2 rings (SSSR count). The molecule has 1 aromatic rings. The van der Waals surface area contributed by atoms with Gasteiger partial charge < -0.3 is 5.32 Å². The molecular weight excluding hydrogens is 167 g/mol. The summed E-state index contributed by atoms with van der Waals surface area (Å²) in [6.45, 7) is 0. The van der Waals surface area contributed by atoms with Crippen LogP contribution in [0.3, 0.4) is 0 Å². The summed E-state index contributed by atoms with van der Waals surface area (Å²) < 4.78 is 12.6. The zero-order valence-corrected chi connectivity index (χ0v) is 6.94. The lowest BCUT2D eigenvalue weighted by Gasteiger charge is -2.14. The first-order valence-corrected chi connectivity index (χ1v) is 4.06. The monoisotopic (exact) mass is 176 g/mol. The Bertz CT molecular complexity index is 340. The lowest BCUT2D eigenvalue weighted by Crippen LogP contribution is -2.15. The van der Waals surface area contributed by atoms with Gasteiger partial charge in [-0.25, -0.2) is 4.39 Å². The predicted octanol–water partition coefficient (Wildman–Crippen LogP) is 2.01. The molecule has 0 fully saturated rings.